The number of aromatic hydroxyl groups is 1. The molecule has 0 fully saturated rings. The smallest absolute Gasteiger partial charge is 0.118 e. The van der Waals surface area contributed by atoms with Crippen molar-refractivity contribution in [3.63, 3.8) is 0 Å². The van der Waals surface area contributed by atoms with Crippen LogP contribution in [-0.2, 0) is 0 Å². The van der Waals surface area contributed by atoms with E-state index in [1.54, 1.807) is 13.8 Å². The quantitative estimate of drug-likeness (QED) is 0.561. The topological polar surface area (TPSA) is 20.2 Å². The van der Waals surface area contributed by atoms with Crippen LogP contribution in [0.2, 0.25) is 0 Å². The third-order valence-electron chi connectivity index (χ3n) is 1.42. The predicted octanol–water partition coefficient (Wildman–Crippen LogP) is 2.01. The van der Waals surface area contributed by atoms with E-state index in [1.165, 1.54) is 6.07 Å². The minimum absolute atomic E-state index is 0.0746. The third kappa shape index (κ3) is 1.04. The average Bonchev–Trinajstić information content (AvgIpc) is 1.97. The summed E-state index contributed by atoms with van der Waals surface area (Å²) in [6.45, 7) is 3.47. The highest BCUT2D eigenvalue weighted by atomic mass is 16.3. The van der Waals surface area contributed by atoms with Gasteiger partial charge in [-0.15, -0.1) is 0 Å². The van der Waals surface area contributed by atoms with Crippen LogP contribution < -0.4 is 0 Å². The molecule has 0 bridgehead atoms. The first-order valence-electron chi connectivity index (χ1n) is 3.80. The van der Waals surface area contributed by atoms with Crippen LogP contribution in [0.3, 0.4) is 0 Å². The highest BCUT2D eigenvalue weighted by Gasteiger charge is 1.94. The Balaban J connectivity index is 3.46. The number of rotatable bonds is 0. The van der Waals surface area contributed by atoms with Crippen molar-refractivity contribution in [3.8, 4) is 5.75 Å². The van der Waals surface area contributed by atoms with Gasteiger partial charge in [0.1, 0.15) is 5.75 Å². The molecule has 0 saturated carbocycles. The van der Waals surface area contributed by atoms with Crippen LogP contribution in [-0.4, -0.2) is 5.11 Å². The molecule has 1 rings (SSSR count). The van der Waals surface area contributed by atoms with Gasteiger partial charge in [-0.25, -0.2) is 0 Å². The summed E-state index contributed by atoms with van der Waals surface area (Å²) in [5, 5.41) is 9.20. The van der Waals surface area contributed by atoms with E-state index < -0.39 is 0 Å². The van der Waals surface area contributed by atoms with E-state index in [9.17, 15) is 5.11 Å². The Hall–Kier alpha value is -0.980. The van der Waals surface area contributed by atoms with Gasteiger partial charge in [-0.1, -0.05) is 12.1 Å². The molecule has 0 unspecified atom stereocenters. The number of phenols is 1. The maximum Gasteiger partial charge on any atom is 0.118 e. The number of phenolic OH excluding ortho intramolecular Hbond substituents is 1. The van der Waals surface area contributed by atoms with Gasteiger partial charge >= 0.3 is 0 Å². The van der Waals surface area contributed by atoms with Crippen molar-refractivity contribution >= 4 is 0 Å². The van der Waals surface area contributed by atoms with Gasteiger partial charge in [-0.3, -0.25) is 0 Å². The van der Waals surface area contributed by atoms with Gasteiger partial charge < -0.3 is 5.11 Å². The summed E-state index contributed by atoms with van der Waals surface area (Å²) in [7, 11) is 0. The Kier molecular flexibility index (Phi) is 0.916. The molecule has 9 heavy (non-hydrogen) atoms. The number of hydrogen-bond acceptors (Lipinski definition) is 1. The zero-order chi connectivity index (χ0) is 8.59. The Labute approximate surface area is 57.8 Å². The van der Waals surface area contributed by atoms with E-state index in [-0.39, 0.29) is 17.8 Å². The molecule has 0 heterocycles. The number of benzene rings is 1. The standard InChI is InChI=1S/C8H10O/c1-6-4-3-5-8(9)7(6)2/h3-5,9H,1-2H3/i3D,4D. The van der Waals surface area contributed by atoms with Gasteiger partial charge in [0.15, 0.2) is 0 Å². The monoisotopic (exact) mass is 124 g/mol. The lowest BCUT2D eigenvalue weighted by molar-refractivity contribution is 0.470. The summed E-state index contributed by atoms with van der Waals surface area (Å²) in [4.78, 5) is 0. The fourth-order valence-corrected chi connectivity index (χ4v) is 0.607. The maximum atomic E-state index is 9.20. The molecular formula is C8H10O. The van der Waals surface area contributed by atoms with Crippen LogP contribution in [0.15, 0.2) is 18.2 Å². The molecule has 0 aromatic heterocycles. The zero-order valence-corrected chi connectivity index (χ0v) is 5.52. The van der Waals surface area contributed by atoms with Crippen LogP contribution in [0.1, 0.15) is 13.9 Å². The molecule has 1 N–H and O–H groups in total. The molecule has 1 nitrogen and oxygen atoms in total. The summed E-state index contributed by atoms with van der Waals surface area (Å²) >= 11 is 0. The fraction of sp³-hybridized carbons (Fsp3) is 0.250. The van der Waals surface area contributed by atoms with Crippen molar-refractivity contribution in [2.45, 2.75) is 13.8 Å². The first-order valence-corrected chi connectivity index (χ1v) is 2.80. The summed E-state index contributed by atoms with van der Waals surface area (Å²) in [5.41, 5.74) is 1.36. The van der Waals surface area contributed by atoms with Crippen molar-refractivity contribution in [2.24, 2.45) is 0 Å². The average molecular weight is 124 g/mol. The molecule has 0 aliphatic rings. The Bertz CT molecular complexity index is 268. The van der Waals surface area contributed by atoms with Gasteiger partial charge in [-0.05, 0) is 31.0 Å². The van der Waals surface area contributed by atoms with Gasteiger partial charge in [0.25, 0.3) is 0 Å². The summed E-state index contributed by atoms with van der Waals surface area (Å²) in [6, 6.07) is 1.57. The van der Waals surface area contributed by atoms with E-state index in [0.29, 0.717) is 11.1 Å². The molecule has 0 spiro atoms. The Morgan fingerprint density at radius 1 is 1.56 bits per heavy atom. The van der Waals surface area contributed by atoms with E-state index in [2.05, 4.69) is 0 Å². The maximum absolute atomic E-state index is 9.20. The van der Waals surface area contributed by atoms with Crippen molar-refractivity contribution in [2.75, 3.05) is 0 Å². The number of hydrogen-bond donors (Lipinski definition) is 1. The lowest BCUT2D eigenvalue weighted by atomic mass is 10.1. The molecule has 0 aliphatic carbocycles. The minimum atomic E-state index is 0.0746. The molecular weight excluding hydrogens is 112 g/mol. The lowest BCUT2D eigenvalue weighted by Gasteiger charge is -1.99. The highest BCUT2D eigenvalue weighted by molar-refractivity contribution is 5.36. The lowest BCUT2D eigenvalue weighted by Crippen LogP contribution is -1.78. The van der Waals surface area contributed by atoms with Crippen molar-refractivity contribution in [1.29, 1.82) is 0 Å². The van der Waals surface area contributed by atoms with Crippen molar-refractivity contribution < 1.29 is 7.85 Å². The normalized spacial score (nSPS) is 12.7. The fourth-order valence-electron chi connectivity index (χ4n) is 0.607. The Morgan fingerprint density at radius 2 is 2.22 bits per heavy atom. The zero-order valence-electron chi connectivity index (χ0n) is 7.52. The third-order valence-corrected chi connectivity index (χ3v) is 1.42. The molecule has 1 aromatic rings. The van der Waals surface area contributed by atoms with Crippen LogP contribution in [0, 0.1) is 13.8 Å². The molecule has 0 saturated heterocycles. The van der Waals surface area contributed by atoms with Crippen LogP contribution in [0.4, 0.5) is 0 Å². The van der Waals surface area contributed by atoms with Crippen molar-refractivity contribution in [3.05, 3.63) is 29.3 Å². The Morgan fingerprint density at radius 3 is 2.89 bits per heavy atom. The molecule has 0 radical (unpaired) electrons. The minimum Gasteiger partial charge on any atom is -0.508 e. The molecule has 0 amide bonds. The van der Waals surface area contributed by atoms with E-state index in [0.717, 1.165) is 0 Å². The second-order valence-corrected chi connectivity index (χ2v) is 2.05. The first kappa shape index (κ1) is 3.94. The first-order chi connectivity index (χ1) is 5.04. The van der Waals surface area contributed by atoms with E-state index >= 15 is 0 Å². The van der Waals surface area contributed by atoms with Crippen LogP contribution in [0.25, 0.3) is 0 Å². The molecule has 1 heteroatoms. The highest BCUT2D eigenvalue weighted by Crippen LogP contribution is 2.17. The van der Waals surface area contributed by atoms with E-state index in [1.807, 2.05) is 0 Å². The second kappa shape index (κ2) is 2.09. The predicted molar refractivity (Wildman–Crippen MR) is 37.6 cm³/mol. The second-order valence-electron chi connectivity index (χ2n) is 2.05. The summed E-state index contributed by atoms with van der Waals surface area (Å²) in [5.74, 6) is 0.100. The van der Waals surface area contributed by atoms with Crippen LogP contribution >= 0.6 is 0 Å². The van der Waals surface area contributed by atoms with Gasteiger partial charge in [0, 0.05) is 0 Å². The van der Waals surface area contributed by atoms with Gasteiger partial charge in [-0.2, -0.15) is 0 Å². The molecule has 1 aromatic carbocycles. The van der Waals surface area contributed by atoms with Gasteiger partial charge in [0.2, 0.25) is 0 Å². The summed E-state index contributed by atoms with van der Waals surface area (Å²) < 4.78 is 14.6. The summed E-state index contributed by atoms with van der Waals surface area (Å²) in [6.07, 6.45) is 0. The molecule has 0 atom stereocenters. The SMILES string of the molecule is [2H]c1cc(O)c(C)c(C)c1[2H]. The van der Waals surface area contributed by atoms with Crippen molar-refractivity contribution in [1.82, 2.24) is 0 Å². The molecule has 0 aliphatic heterocycles. The van der Waals surface area contributed by atoms with Gasteiger partial charge in [0.05, 0.1) is 2.74 Å². The van der Waals surface area contributed by atoms with E-state index in [4.69, 9.17) is 2.74 Å². The largest absolute Gasteiger partial charge is 0.508 e. The molecule has 48 valence electrons. The van der Waals surface area contributed by atoms with Crippen LogP contribution in [0.5, 0.6) is 5.75 Å².